The molecule has 0 atom stereocenters. The lowest BCUT2D eigenvalue weighted by molar-refractivity contribution is 0.214. The highest BCUT2D eigenvalue weighted by Crippen LogP contribution is 2.32. The summed E-state index contributed by atoms with van der Waals surface area (Å²) < 4.78 is 5.80. The number of rotatable bonds is 7. The lowest BCUT2D eigenvalue weighted by Gasteiger charge is -2.16. The number of hydrogen-bond acceptors (Lipinski definition) is 4. The number of fused-ring (bicyclic) bond motifs is 1. The van der Waals surface area contributed by atoms with Crippen molar-refractivity contribution in [2.45, 2.75) is 6.92 Å². The van der Waals surface area contributed by atoms with Crippen LogP contribution in [0.15, 0.2) is 48.5 Å². The minimum atomic E-state index is 0.196. The zero-order valence-electron chi connectivity index (χ0n) is 14.2. The van der Waals surface area contributed by atoms with Gasteiger partial charge in [0.15, 0.2) is 0 Å². The highest BCUT2D eigenvalue weighted by Gasteiger charge is 2.08. The fraction of sp³-hybridized carbons (Fsp3) is 0.250. The molecule has 130 valence electrons. The van der Waals surface area contributed by atoms with Crippen molar-refractivity contribution in [2.75, 3.05) is 26.2 Å². The summed E-state index contributed by atoms with van der Waals surface area (Å²) in [7, 11) is 0. The van der Waals surface area contributed by atoms with Crippen molar-refractivity contribution in [3.05, 3.63) is 59.1 Å². The van der Waals surface area contributed by atoms with E-state index in [1.54, 1.807) is 0 Å². The van der Waals surface area contributed by atoms with E-state index in [-0.39, 0.29) is 6.61 Å². The summed E-state index contributed by atoms with van der Waals surface area (Å²) >= 11 is 7.49. The second-order valence-corrected chi connectivity index (χ2v) is 7.05. The van der Waals surface area contributed by atoms with Crippen molar-refractivity contribution >= 4 is 39.3 Å². The van der Waals surface area contributed by atoms with Crippen LogP contribution in [0.25, 0.3) is 27.4 Å². The van der Waals surface area contributed by atoms with E-state index in [2.05, 4.69) is 46.5 Å². The van der Waals surface area contributed by atoms with Crippen LogP contribution in [0.5, 0.6) is 0 Å². The highest BCUT2D eigenvalue weighted by atomic mass is 35.5. The quantitative estimate of drug-likeness (QED) is 0.637. The molecule has 0 fully saturated rings. The van der Waals surface area contributed by atoms with Gasteiger partial charge in [0.05, 0.1) is 17.0 Å². The Morgan fingerprint density at radius 3 is 2.72 bits per heavy atom. The normalized spacial score (nSPS) is 11.8. The van der Waals surface area contributed by atoms with Gasteiger partial charge in [0, 0.05) is 29.1 Å². The lowest BCUT2D eigenvalue weighted by atomic mass is 10.1. The second-order valence-electron chi connectivity index (χ2n) is 5.81. The summed E-state index contributed by atoms with van der Waals surface area (Å²) in [4.78, 5) is 2.19. The monoisotopic (exact) mass is 372 g/mol. The van der Waals surface area contributed by atoms with Crippen LogP contribution in [0, 0.1) is 0 Å². The van der Waals surface area contributed by atoms with Crippen molar-refractivity contribution in [2.24, 2.45) is 0 Å². The molecular weight excluding hydrogens is 352 g/mol. The maximum atomic E-state index is 9.04. The first-order valence-electron chi connectivity index (χ1n) is 8.36. The van der Waals surface area contributed by atoms with Crippen LogP contribution in [0.2, 0.25) is 5.02 Å². The van der Waals surface area contributed by atoms with Crippen LogP contribution < -0.4 is 0 Å². The third-order valence-corrected chi connectivity index (χ3v) is 5.21. The van der Waals surface area contributed by atoms with E-state index < -0.39 is 0 Å². The number of halogens is 1. The van der Waals surface area contributed by atoms with Crippen molar-refractivity contribution < 1.29 is 5.11 Å². The maximum absolute atomic E-state index is 9.04. The number of nitrogens with zero attached hydrogens (tertiary/aromatic N) is 2. The van der Waals surface area contributed by atoms with Crippen LogP contribution in [-0.4, -0.2) is 40.6 Å². The molecule has 0 spiro atoms. The molecule has 2 aromatic carbocycles. The Kier molecular flexibility index (Phi) is 6.21. The number of likely N-dealkylation sites (N-methyl/N-ethyl adjacent to an activating group) is 1. The van der Waals surface area contributed by atoms with Gasteiger partial charge in [0.25, 0.3) is 0 Å². The Morgan fingerprint density at radius 2 is 2.00 bits per heavy atom. The molecule has 3 rings (SSSR count). The van der Waals surface area contributed by atoms with Gasteiger partial charge in [-0.2, -0.15) is 4.37 Å². The molecule has 3 aromatic rings. The first-order valence-corrected chi connectivity index (χ1v) is 9.51. The van der Waals surface area contributed by atoms with Crippen molar-refractivity contribution in [3.63, 3.8) is 0 Å². The average molecular weight is 373 g/mol. The second kappa shape index (κ2) is 8.59. The zero-order valence-corrected chi connectivity index (χ0v) is 15.7. The van der Waals surface area contributed by atoms with E-state index in [1.807, 2.05) is 24.3 Å². The molecule has 1 heterocycles. The summed E-state index contributed by atoms with van der Waals surface area (Å²) in [6.07, 6.45) is 4.27. The topological polar surface area (TPSA) is 36.4 Å². The highest BCUT2D eigenvalue weighted by molar-refractivity contribution is 7.13. The summed E-state index contributed by atoms with van der Waals surface area (Å²) in [5, 5.41) is 10.9. The van der Waals surface area contributed by atoms with E-state index >= 15 is 0 Å². The third-order valence-electron chi connectivity index (χ3n) is 4.15. The summed E-state index contributed by atoms with van der Waals surface area (Å²) in [6, 6.07) is 14.2. The minimum absolute atomic E-state index is 0.196. The van der Waals surface area contributed by atoms with E-state index in [0.29, 0.717) is 6.54 Å². The lowest BCUT2D eigenvalue weighted by Crippen LogP contribution is -2.26. The van der Waals surface area contributed by atoms with Gasteiger partial charge in [-0.15, -0.1) is 0 Å². The number of hydrogen-bond donors (Lipinski definition) is 1. The molecule has 0 aliphatic heterocycles. The van der Waals surface area contributed by atoms with E-state index in [1.165, 1.54) is 27.2 Å². The zero-order chi connectivity index (χ0) is 17.6. The molecule has 0 radical (unpaired) electrons. The molecule has 1 N–H and O–H groups in total. The summed E-state index contributed by atoms with van der Waals surface area (Å²) in [5.74, 6) is 0. The Labute approximate surface area is 157 Å². The van der Waals surface area contributed by atoms with Gasteiger partial charge in [-0.1, -0.05) is 54.9 Å². The van der Waals surface area contributed by atoms with E-state index in [4.69, 9.17) is 16.7 Å². The molecule has 1 aromatic heterocycles. The number of aliphatic hydroxyl groups excluding tert-OH is 1. The SMILES string of the molecule is CCN(C/C=C\c1ccc2c(-c3ccc(Cl)cc3)nsc2c1)CCO. The predicted molar refractivity (Wildman–Crippen MR) is 108 cm³/mol. The van der Waals surface area contributed by atoms with E-state index in [9.17, 15) is 0 Å². The molecular formula is C20H21ClN2OS. The van der Waals surface area contributed by atoms with Crippen molar-refractivity contribution in [3.8, 4) is 11.3 Å². The van der Waals surface area contributed by atoms with Crippen LogP contribution in [0.3, 0.4) is 0 Å². The van der Waals surface area contributed by atoms with Crippen LogP contribution in [0.1, 0.15) is 12.5 Å². The van der Waals surface area contributed by atoms with Gasteiger partial charge in [0.2, 0.25) is 0 Å². The van der Waals surface area contributed by atoms with E-state index in [0.717, 1.165) is 29.4 Å². The molecule has 25 heavy (non-hydrogen) atoms. The van der Waals surface area contributed by atoms with Gasteiger partial charge in [-0.3, -0.25) is 4.90 Å². The Hall–Kier alpha value is -1.72. The third kappa shape index (κ3) is 4.47. The maximum Gasteiger partial charge on any atom is 0.0919 e. The Morgan fingerprint density at radius 1 is 1.20 bits per heavy atom. The Balaban J connectivity index is 1.78. The van der Waals surface area contributed by atoms with Crippen LogP contribution in [-0.2, 0) is 0 Å². The van der Waals surface area contributed by atoms with Crippen LogP contribution in [0.4, 0.5) is 0 Å². The van der Waals surface area contributed by atoms with Gasteiger partial charge in [0.1, 0.15) is 0 Å². The smallest absolute Gasteiger partial charge is 0.0919 e. The average Bonchev–Trinajstić information content (AvgIpc) is 3.05. The molecule has 0 aliphatic rings. The van der Waals surface area contributed by atoms with Gasteiger partial charge in [-0.25, -0.2) is 0 Å². The Bertz CT molecular complexity index is 858. The predicted octanol–water partition coefficient (Wildman–Crippen LogP) is 4.94. The molecule has 3 nitrogen and oxygen atoms in total. The van der Waals surface area contributed by atoms with Crippen molar-refractivity contribution in [1.29, 1.82) is 0 Å². The first-order chi connectivity index (χ1) is 12.2. The first kappa shape index (κ1) is 18.1. The molecule has 0 aliphatic carbocycles. The largest absolute Gasteiger partial charge is 0.395 e. The molecule has 0 saturated carbocycles. The number of benzene rings is 2. The molecule has 0 amide bonds. The standard InChI is InChI=1S/C20H21ClN2OS/c1-2-23(12-13-24)11-3-4-15-5-10-18-19(14-15)25-22-20(18)16-6-8-17(21)9-7-16/h3-10,14,24H,2,11-13H2,1H3/b4-3-. The van der Waals surface area contributed by atoms with Crippen molar-refractivity contribution in [1.82, 2.24) is 9.27 Å². The fourth-order valence-electron chi connectivity index (χ4n) is 2.73. The summed E-state index contributed by atoms with van der Waals surface area (Å²) in [5.41, 5.74) is 3.26. The molecule has 5 heteroatoms. The van der Waals surface area contributed by atoms with Crippen LogP contribution >= 0.6 is 23.1 Å². The fourth-order valence-corrected chi connectivity index (χ4v) is 3.70. The molecule has 0 unspecified atom stereocenters. The van der Waals surface area contributed by atoms with Gasteiger partial charge < -0.3 is 5.11 Å². The van der Waals surface area contributed by atoms with Gasteiger partial charge in [-0.05, 0) is 41.8 Å². The number of aromatic nitrogens is 1. The summed E-state index contributed by atoms with van der Waals surface area (Å²) in [6.45, 7) is 4.78. The molecule has 0 saturated heterocycles. The number of aliphatic hydroxyl groups is 1. The minimum Gasteiger partial charge on any atom is -0.395 e. The van der Waals surface area contributed by atoms with Gasteiger partial charge >= 0.3 is 0 Å². The molecule has 0 bridgehead atoms.